The van der Waals surface area contributed by atoms with Gasteiger partial charge in [-0.2, -0.15) is 13.2 Å². The van der Waals surface area contributed by atoms with Crippen LogP contribution in [0.1, 0.15) is 123 Å². The van der Waals surface area contributed by atoms with Crippen molar-refractivity contribution in [3.05, 3.63) is 57.7 Å². The Bertz CT molecular complexity index is 1470. The van der Waals surface area contributed by atoms with Crippen molar-refractivity contribution in [2.45, 2.75) is 124 Å². The molecule has 2 saturated heterocycles. The maximum absolute atomic E-state index is 13.6. The molecule has 4 atom stereocenters. The molecule has 2 aromatic heterocycles. The number of hydrogen-bond donors (Lipinski definition) is 0. The van der Waals surface area contributed by atoms with Crippen molar-refractivity contribution in [2.24, 2.45) is 5.41 Å². The van der Waals surface area contributed by atoms with Crippen LogP contribution in [0.3, 0.4) is 0 Å². The minimum atomic E-state index is -4.46. The maximum Gasteiger partial charge on any atom is 0.417 e. The molecule has 6 nitrogen and oxygen atoms in total. The fourth-order valence-electron chi connectivity index (χ4n) is 8.16. The lowest BCUT2D eigenvalue weighted by molar-refractivity contribution is -0.138. The molecule has 11 heteroatoms. The molecular formula is C35H46F3IN2O4Si. The number of fused-ring (bicyclic) bond motifs is 4. The van der Waals surface area contributed by atoms with Gasteiger partial charge in [0, 0.05) is 60.7 Å². The lowest BCUT2D eigenvalue weighted by Crippen LogP contribution is -2.48. The van der Waals surface area contributed by atoms with E-state index in [0.717, 1.165) is 54.9 Å². The summed E-state index contributed by atoms with van der Waals surface area (Å²) in [4.78, 5) is 10.1. The summed E-state index contributed by atoms with van der Waals surface area (Å²) in [6.07, 6.45) is 3.63. The zero-order valence-corrected chi connectivity index (χ0v) is 30.7. The van der Waals surface area contributed by atoms with Crippen LogP contribution in [0.2, 0.25) is 18.1 Å². The molecule has 2 aromatic rings. The molecule has 0 amide bonds. The molecule has 252 valence electrons. The molecule has 7 rings (SSSR count). The number of alkyl halides is 4. The number of pyridine rings is 2. The number of rotatable bonds is 4. The molecule has 2 spiro atoms. The minimum Gasteiger partial charge on any atom is -0.410 e. The van der Waals surface area contributed by atoms with Gasteiger partial charge in [-0.05, 0) is 74.2 Å². The summed E-state index contributed by atoms with van der Waals surface area (Å²) in [5.74, 6) is 0.176. The van der Waals surface area contributed by atoms with Crippen LogP contribution in [-0.4, -0.2) is 48.6 Å². The van der Waals surface area contributed by atoms with Crippen LogP contribution in [0.5, 0.6) is 0 Å². The van der Waals surface area contributed by atoms with Crippen molar-refractivity contribution in [3.8, 4) is 0 Å². The monoisotopic (exact) mass is 770 g/mol. The minimum absolute atomic E-state index is 0.000742. The van der Waals surface area contributed by atoms with Gasteiger partial charge in [-0.1, -0.05) is 49.8 Å². The van der Waals surface area contributed by atoms with E-state index in [4.69, 9.17) is 23.6 Å². The van der Waals surface area contributed by atoms with Crippen molar-refractivity contribution in [3.63, 3.8) is 0 Å². The van der Waals surface area contributed by atoms with Gasteiger partial charge >= 0.3 is 6.18 Å². The third-order valence-corrected chi connectivity index (χ3v) is 17.8. The van der Waals surface area contributed by atoms with E-state index in [1.807, 2.05) is 0 Å². The number of halogens is 4. The lowest BCUT2D eigenvalue weighted by Gasteiger charge is -2.51. The van der Waals surface area contributed by atoms with Gasteiger partial charge in [-0.25, -0.2) is 0 Å². The van der Waals surface area contributed by atoms with Crippen LogP contribution in [0, 0.1) is 5.41 Å². The van der Waals surface area contributed by atoms with Crippen LogP contribution < -0.4 is 0 Å². The molecule has 2 aliphatic carbocycles. The predicted molar refractivity (Wildman–Crippen MR) is 180 cm³/mol. The van der Waals surface area contributed by atoms with Crippen LogP contribution in [0.15, 0.2) is 18.3 Å². The molecule has 2 unspecified atom stereocenters. The zero-order valence-electron chi connectivity index (χ0n) is 27.6. The molecule has 3 aliphatic heterocycles. The van der Waals surface area contributed by atoms with Crippen molar-refractivity contribution in [1.29, 1.82) is 0 Å². The summed E-state index contributed by atoms with van der Waals surface area (Å²) < 4.78 is 67.3. The van der Waals surface area contributed by atoms with Gasteiger partial charge in [0.15, 0.2) is 8.32 Å². The fourth-order valence-corrected chi connectivity index (χ4v) is 10.5. The second kappa shape index (κ2) is 11.7. The summed E-state index contributed by atoms with van der Waals surface area (Å²) in [7, 11) is -2.20. The van der Waals surface area contributed by atoms with E-state index in [0.29, 0.717) is 38.5 Å². The SMILES string of the molecule is CC(C)(C)[Si](C)(C)O[C@H]1CC2(CCC2)Cc2nc(C3CCOCC3)c3c(c21)C1(CCOCC1I)O[C@@H]3c1ccc(C(F)(F)F)cn1. The average Bonchev–Trinajstić information content (AvgIpc) is 3.32. The number of aromatic nitrogens is 2. The maximum atomic E-state index is 13.6. The Morgan fingerprint density at radius 2 is 1.74 bits per heavy atom. The van der Waals surface area contributed by atoms with Crippen molar-refractivity contribution >= 4 is 30.9 Å². The molecule has 46 heavy (non-hydrogen) atoms. The van der Waals surface area contributed by atoms with Crippen molar-refractivity contribution in [2.75, 3.05) is 26.4 Å². The van der Waals surface area contributed by atoms with Gasteiger partial charge in [-0.3, -0.25) is 9.97 Å². The van der Waals surface area contributed by atoms with E-state index in [2.05, 4.69) is 61.4 Å². The average molecular weight is 771 g/mol. The Morgan fingerprint density at radius 1 is 1.00 bits per heavy atom. The molecule has 5 aliphatic rings. The molecule has 1 saturated carbocycles. The van der Waals surface area contributed by atoms with E-state index >= 15 is 0 Å². The normalized spacial score (nSPS) is 29.9. The second-order valence-electron chi connectivity index (χ2n) is 15.8. The molecular weight excluding hydrogens is 724 g/mol. The Balaban J connectivity index is 1.48. The largest absolute Gasteiger partial charge is 0.417 e. The summed E-state index contributed by atoms with van der Waals surface area (Å²) in [5, 5.41) is 0.0291. The van der Waals surface area contributed by atoms with E-state index in [1.54, 1.807) is 0 Å². The first-order valence-electron chi connectivity index (χ1n) is 16.9. The van der Waals surface area contributed by atoms with Crippen LogP contribution >= 0.6 is 22.6 Å². The highest BCUT2D eigenvalue weighted by molar-refractivity contribution is 14.1. The number of nitrogens with zero attached hydrogens (tertiary/aromatic N) is 2. The topological polar surface area (TPSA) is 62.7 Å². The molecule has 0 N–H and O–H groups in total. The Morgan fingerprint density at radius 3 is 2.33 bits per heavy atom. The Labute approximate surface area is 285 Å². The standard InChI is InChI=1S/C35H46F3IN2O4Si/c1-32(2,3)46(4,5)45-25-18-33(11-6-12-33)17-24-27(25)29-28(30(41-24)21-9-14-42-15-10-21)31(44-34(29)13-16-43-20-26(34)39)23-8-7-22(19-40-23)35(36,37)38/h7-8,19,21,25-26,31H,6,9-18,20H2,1-5H3/t25-,26?,31+,34?/m0/s1. The summed E-state index contributed by atoms with van der Waals surface area (Å²) in [6, 6.07) is 2.63. The highest BCUT2D eigenvalue weighted by atomic mass is 127. The third kappa shape index (κ3) is 5.60. The van der Waals surface area contributed by atoms with E-state index in [-0.39, 0.29) is 26.4 Å². The Hall–Kier alpha value is -1.12. The molecule has 3 fully saturated rings. The van der Waals surface area contributed by atoms with Gasteiger partial charge in [0.05, 0.1) is 33.6 Å². The zero-order chi connectivity index (χ0) is 32.7. The van der Waals surface area contributed by atoms with Crippen molar-refractivity contribution < 1.29 is 31.8 Å². The number of ether oxygens (including phenoxy) is 3. The first kappa shape index (κ1) is 33.4. The predicted octanol–water partition coefficient (Wildman–Crippen LogP) is 9.11. The first-order chi connectivity index (χ1) is 21.6. The van der Waals surface area contributed by atoms with Crippen LogP contribution in [0.4, 0.5) is 13.2 Å². The smallest absolute Gasteiger partial charge is 0.410 e. The second-order valence-corrected chi connectivity index (χ2v) is 22.0. The third-order valence-electron chi connectivity index (χ3n) is 11.9. The van der Waals surface area contributed by atoms with Gasteiger partial charge in [-0.15, -0.1) is 0 Å². The van der Waals surface area contributed by atoms with Gasteiger partial charge in [0.1, 0.15) is 11.7 Å². The quantitative estimate of drug-likeness (QED) is 0.176. The summed E-state index contributed by atoms with van der Waals surface area (Å²) in [6.45, 7) is 13.9. The van der Waals surface area contributed by atoms with Crippen molar-refractivity contribution in [1.82, 2.24) is 9.97 Å². The lowest BCUT2D eigenvalue weighted by atomic mass is 9.58. The molecule has 0 aromatic carbocycles. The van der Waals surface area contributed by atoms with Gasteiger partial charge in [0.25, 0.3) is 0 Å². The van der Waals surface area contributed by atoms with E-state index in [1.165, 1.54) is 36.5 Å². The van der Waals surface area contributed by atoms with E-state index in [9.17, 15) is 13.2 Å². The Kier molecular flexibility index (Phi) is 8.52. The molecule has 5 heterocycles. The summed E-state index contributed by atoms with van der Waals surface area (Å²) >= 11 is 2.48. The first-order valence-corrected chi connectivity index (χ1v) is 21.0. The fraction of sp³-hybridized carbons (Fsp3) is 0.714. The molecule has 0 bridgehead atoms. The highest BCUT2D eigenvalue weighted by Crippen LogP contribution is 2.62. The van der Waals surface area contributed by atoms with Crippen LogP contribution in [-0.2, 0) is 36.8 Å². The van der Waals surface area contributed by atoms with E-state index < -0.39 is 31.8 Å². The van der Waals surface area contributed by atoms with Gasteiger partial charge in [0.2, 0.25) is 0 Å². The highest BCUT2D eigenvalue weighted by Gasteiger charge is 2.58. The molecule has 0 radical (unpaired) electrons. The number of hydrogen-bond acceptors (Lipinski definition) is 6. The van der Waals surface area contributed by atoms with Gasteiger partial charge < -0.3 is 18.6 Å². The van der Waals surface area contributed by atoms with Crippen LogP contribution in [0.25, 0.3) is 0 Å². The summed E-state index contributed by atoms with van der Waals surface area (Å²) in [5.41, 5.74) is 4.79.